The molecule has 0 radical (unpaired) electrons. The molecule has 3 nitrogen and oxygen atoms in total. The maximum absolute atomic E-state index is 13.5. The van der Waals surface area contributed by atoms with E-state index in [0.29, 0.717) is 17.1 Å². The van der Waals surface area contributed by atoms with Crippen molar-refractivity contribution in [2.24, 2.45) is 0 Å². The SMILES string of the molecule is Cc1cc(C)c(NCCC(=O)NCc2ccccc2F)c(Cl)c1. The quantitative estimate of drug-likeness (QED) is 0.830. The average molecular weight is 335 g/mol. The van der Waals surface area contributed by atoms with Gasteiger partial charge in [0.1, 0.15) is 5.82 Å². The normalized spacial score (nSPS) is 10.4. The highest BCUT2D eigenvalue weighted by Gasteiger charge is 2.07. The van der Waals surface area contributed by atoms with E-state index in [-0.39, 0.29) is 24.7 Å². The van der Waals surface area contributed by atoms with Gasteiger partial charge in [-0.3, -0.25) is 4.79 Å². The Balaban J connectivity index is 1.80. The van der Waals surface area contributed by atoms with E-state index in [4.69, 9.17) is 11.6 Å². The van der Waals surface area contributed by atoms with Gasteiger partial charge in [0.15, 0.2) is 0 Å². The standard InChI is InChI=1S/C18H20ClFN2O/c1-12-9-13(2)18(15(19)10-12)21-8-7-17(23)22-11-14-5-3-4-6-16(14)20/h3-6,9-10,21H,7-8,11H2,1-2H3,(H,22,23). The lowest BCUT2D eigenvalue weighted by atomic mass is 10.1. The molecule has 122 valence electrons. The Morgan fingerprint density at radius 2 is 1.96 bits per heavy atom. The minimum absolute atomic E-state index is 0.137. The first-order valence-corrected chi connectivity index (χ1v) is 7.86. The van der Waals surface area contributed by atoms with Gasteiger partial charge in [0, 0.05) is 25.1 Å². The van der Waals surface area contributed by atoms with E-state index in [2.05, 4.69) is 10.6 Å². The van der Waals surface area contributed by atoms with Crippen molar-refractivity contribution in [2.45, 2.75) is 26.8 Å². The maximum atomic E-state index is 13.5. The minimum atomic E-state index is -0.312. The molecule has 0 aliphatic heterocycles. The van der Waals surface area contributed by atoms with Crippen LogP contribution >= 0.6 is 11.6 Å². The molecule has 2 aromatic carbocycles. The Kier molecular flexibility index (Phi) is 5.99. The highest BCUT2D eigenvalue weighted by molar-refractivity contribution is 6.33. The van der Waals surface area contributed by atoms with Gasteiger partial charge in [0.05, 0.1) is 10.7 Å². The number of carbonyl (C=O) groups excluding carboxylic acids is 1. The van der Waals surface area contributed by atoms with Gasteiger partial charge in [-0.15, -0.1) is 0 Å². The van der Waals surface area contributed by atoms with E-state index in [9.17, 15) is 9.18 Å². The average Bonchev–Trinajstić information content (AvgIpc) is 2.49. The molecule has 2 aromatic rings. The number of amides is 1. The number of nitrogens with one attached hydrogen (secondary N) is 2. The summed E-state index contributed by atoms with van der Waals surface area (Å²) in [5.41, 5.74) is 3.47. The summed E-state index contributed by atoms with van der Waals surface area (Å²) in [4.78, 5) is 11.8. The molecule has 0 unspecified atom stereocenters. The van der Waals surface area contributed by atoms with E-state index in [0.717, 1.165) is 16.8 Å². The number of anilines is 1. The molecule has 2 N–H and O–H groups in total. The zero-order valence-corrected chi connectivity index (χ0v) is 14.0. The van der Waals surface area contributed by atoms with Crippen molar-refractivity contribution in [3.63, 3.8) is 0 Å². The van der Waals surface area contributed by atoms with Crippen LogP contribution in [0.25, 0.3) is 0 Å². The minimum Gasteiger partial charge on any atom is -0.383 e. The van der Waals surface area contributed by atoms with Crippen molar-refractivity contribution in [1.29, 1.82) is 0 Å². The van der Waals surface area contributed by atoms with E-state index in [1.165, 1.54) is 6.07 Å². The second-order valence-corrected chi connectivity index (χ2v) is 5.89. The number of rotatable bonds is 6. The lowest BCUT2D eigenvalue weighted by Gasteiger charge is -2.12. The van der Waals surface area contributed by atoms with Crippen molar-refractivity contribution >= 4 is 23.2 Å². The number of halogens is 2. The Morgan fingerprint density at radius 3 is 2.65 bits per heavy atom. The van der Waals surface area contributed by atoms with Crippen LogP contribution in [0.15, 0.2) is 36.4 Å². The third-order valence-corrected chi connectivity index (χ3v) is 3.82. The first-order valence-electron chi connectivity index (χ1n) is 7.48. The summed E-state index contributed by atoms with van der Waals surface area (Å²) in [7, 11) is 0. The molecular weight excluding hydrogens is 315 g/mol. The largest absolute Gasteiger partial charge is 0.383 e. The summed E-state index contributed by atoms with van der Waals surface area (Å²) in [6.45, 7) is 4.61. The molecule has 0 aliphatic carbocycles. The molecular formula is C18H20ClFN2O. The molecule has 0 atom stereocenters. The van der Waals surface area contributed by atoms with Crippen LogP contribution in [0, 0.1) is 19.7 Å². The Hall–Kier alpha value is -2.07. The van der Waals surface area contributed by atoms with Gasteiger partial charge in [-0.25, -0.2) is 4.39 Å². The molecule has 0 aliphatic rings. The predicted molar refractivity (Wildman–Crippen MR) is 92.3 cm³/mol. The van der Waals surface area contributed by atoms with Gasteiger partial charge in [0.25, 0.3) is 0 Å². The fourth-order valence-electron chi connectivity index (χ4n) is 2.36. The molecule has 23 heavy (non-hydrogen) atoms. The van der Waals surface area contributed by atoms with Crippen molar-refractivity contribution in [3.8, 4) is 0 Å². The molecule has 0 spiro atoms. The van der Waals surface area contributed by atoms with E-state index < -0.39 is 0 Å². The number of aryl methyl sites for hydroxylation is 2. The predicted octanol–water partition coefficient (Wildman–Crippen LogP) is 4.21. The highest BCUT2D eigenvalue weighted by atomic mass is 35.5. The Morgan fingerprint density at radius 1 is 1.22 bits per heavy atom. The third kappa shape index (κ3) is 4.96. The summed E-state index contributed by atoms with van der Waals surface area (Å²) in [6.07, 6.45) is 0.290. The first kappa shape index (κ1) is 17.3. The maximum Gasteiger partial charge on any atom is 0.222 e. The molecule has 0 saturated carbocycles. The van der Waals surface area contributed by atoms with E-state index >= 15 is 0 Å². The van der Waals surface area contributed by atoms with Crippen LogP contribution < -0.4 is 10.6 Å². The van der Waals surface area contributed by atoms with Crippen LogP contribution in [0.1, 0.15) is 23.1 Å². The monoisotopic (exact) mass is 334 g/mol. The highest BCUT2D eigenvalue weighted by Crippen LogP contribution is 2.27. The number of hydrogen-bond donors (Lipinski definition) is 2. The molecule has 0 saturated heterocycles. The Labute approximate surface area is 140 Å². The van der Waals surface area contributed by atoms with Crippen LogP contribution in [-0.4, -0.2) is 12.5 Å². The topological polar surface area (TPSA) is 41.1 Å². The van der Waals surface area contributed by atoms with Crippen LogP contribution in [0.4, 0.5) is 10.1 Å². The van der Waals surface area contributed by atoms with Gasteiger partial charge in [-0.1, -0.05) is 35.9 Å². The number of carbonyl (C=O) groups is 1. The summed E-state index contributed by atoms with van der Waals surface area (Å²) >= 11 is 6.20. The lowest BCUT2D eigenvalue weighted by molar-refractivity contribution is -0.121. The summed E-state index contributed by atoms with van der Waals surface area (Å²) in [6, 6.07) is 10.3. The van der Waals surface area contributed by atoms with Gasteiger partial charge in [-0.05, 0) is 37.1 Å². The zero-order valence-electron chi connectivity index (χ0n) is 13.2. The van der Waals surface area contributed by atoms with Gasteiger partial charge in [-0.2, -0.15) is 0 Å². The zero-order chi connectivity index (χ0) is 16.8. The number of hydrogen-bond acceptors (Lipinski definition) is 2. The molecule has 2 rings (SSSR count). The molecule has 0 fully saturated rings. The van der Waals surface area contributed by atoms with Crippen molar-refractivity contribution < 1.29 is 9.18 Å². The van der Waals surface area contributed by atoms with Crippen molar-refractivity contribution in [3.05, 3.63) is 63.9 Å². The first-order chi connectivity index (χ1) is 11.0. The second kappa shape index (κ2) is 7.97. The van der Waals surface area contributed by atoms with Gasteiger partial charge in [0.2, 0.25) is 5.91 Å². The van der Waals surface area contributed by atoms with Gasteiger partial charge < -0.3 is 10.6 Å². The van der Waals surface area contributed by atoms with Crippen LogP contribution in [0.5, 0.6) is 0 Å². The van der Waals surface area contributed by atoms with Crippen LogP contribution in [0.3, 0.4) is 0 Å². The molecule has 0 bridgehead atoms. The summed E-state index contributed by atoms with van der Waals surface area (Å²) in [5, 5.41) is 6.54. The molecule has 5 heteroatoms. The summed E-state index contributed by atoms with van der Waals surface area (Å²) in [5.74, 6) is -0.449. The van der Waals surface area contributed by atoms with E-state index in [1.54, 1.807) is 18.2 Å². The van der Waals surface area contributed by atoms with Crippen molar-refractivity contribution in [1.82, 2.24) is 5.32 Å². The second-order valence-electron chi connectivity index (χ2n) is 5.48. The molecule has 1 amide bonds. The smallest absolute Gasteiger partial charge is 0.222 e. The Bertz CT molecular complexity index is 680. The lowest BCUT2D eigenvalue weighted by Crippen LogP contribution is -2.25. The third-order valence-electron chi connectivity index (χ3n) is 3.52. The van der Waals surface area contributed by atoms with E-state index in [1.807, 2.05) is 26.0 Å². The number of benzene rings is 2. The fourth-order valence-corrected chi connectivity index (χ4v) is 2.75. The van der Waals surface area contributed by atoms with Crippen molar-refractivity contribution in [2.75, 3.05) is 11.9 Å². The fraction of sp³-hybridized carbons (Fsp3) is 0.278. The molecule has 0 aromatic heterocycles. The van der Waals surface area contributed by atoms with Crippen LogP contribution in [0.2, 0.25) is 5.02 Å². The van der Waals surface area contributed by atoms with Gasteiger partial charge >= 0.3 is 0 Å². The summed E-state index contributed by atoms with van der Waals surface area (Å²) < 4.78 is 13.5. The molecule has 0 heterocycles. The van der Waals surface area contributed by atoms with Crippen LogP contribution in [-0.2, 0) is 11.3 Å².